The Morgan fingerprint density at radius 2 is 1.20 bits per heavy atom. The number of benzene rings is 3. The van der Waals surface area contributed by atoms with Crippen LogP contribution in [0.3, 0.4) is 0 Å². The van der Waals surface area contributed by atoms with E-state index in [2.05, 4.69) is 0 Å². The molecule has 0 aliphatic carbocycles. The summed E-state index contributed by atoms with van der Waals surface area (Å²) in [5.41, 5.74) is 3.98. The van der Waals surface area contributed by atoms with E-state index < -0.39 is 0 Å². The molecule has 0 aliphatic rings. The van der Waals surface area contributed by atoms with E-state index in [4.69, 9.17) is 0 Å². The van der Waals surface area contributed by atoms with Crippen LogP contribution in [0.15, 0.2) is 84.9 Å². The van der Waals surface area contributed by atoms with Crippen LogP contribution in [-0.2, 0) is 29.1 Å². The van der Waals surface area contributed by atoms with Crippen LogP contribution in [0.5, 0.6) is 0 Å². The molecule has 0 heterocycles. The van der Waals surface area contributed by atoms with E-state index in [0.717, 1.165) is 22.4 Å². The zero-order valence-corrected chi connectivity index (χ0v) is 17.6. The number of hydrogen-bond donors (Lipinski definition) is 0. The topological polar surface area (TPSA) is 40.6 Å². The van der Waals surface area contributed by atoms with Crippen LogP contribution >= 0.6 is 0 Å². The number of carbonyl (C=O) groups is 2. The molecule has 0 fully saturated rings. The molecule has 0 bridgehead atoms. The second-order valence-corrected chi connectivity index (χ2v) is 7.40. The highest BCUT2D eigenvalue weighted by Crippen LogP contribution is 2.20. The van der Waals surface area contributed by atoms with Gasteiger partial charge in [0.15, 0.2) is 0 Å². The van der Waals surface area contributed by atoms with Crippen molar-refractivity contribution in [2.75, 3.05) is 11.9 Å². The fourth-order valence-corrected chi connectivity index (χ4v) is 3.33. The third kappa shape index (κ3) is 5.80. The molecular weight excluding hydrogens is 372 g/mol. The number of anilines is 1. The molecule has 0 aliphatic heterocycles. The molecular formula is C26H28N2O2. The van der Waals surface area contributed by atoms with Gasteiger partial charge in [-0.3, -0.25) is 9.59 Å². The summed E-state index contributed by atoms with van der Waals surface area (Å²) in [6.45, 7) is 3.00. The Labute approximate surface area is 178 Å². The standard InChI is InChI=1S/C26H28N2O2/c1-3-25(29)28(20-23-12-8-5-9-13-23)24-16-14-21(15-17-24)18-26(30)27(2)19-22-10-6-4-7-11-22/h4-17H,3,18-20H2,1-2H3. The van der Waals surface area contributed by atoms with Gasteiger partial charge in [-0.25, -0.2) is 0 Å². The van der Waals surface area contributed by atoms with Crippen molar-refractivity contribution in [2.24, 2.45) is 0 Å². The number of carbonyl (C=O) groups excluding carboxylic acids is 2. The number of hydrogen-bond acceptors (Lipinski definition) is 2. The van der Waals surface area contributed by atoms with Gasteiger partial charge in [0.25, 0.3) is 0 Å². The van der Waals surface area contributed by atoms with E-state index in [0.29, 0.717) is 25.9 Å². The lowest BCUT2D eigenvalue weighted by atomic mass is 10.1. The number of nitrogens with zero attached hydrogens (tertiary/aromatic N) is 2. The van der Waals surface area contributed by atoms with E-state index in [1.165, 1.54) is 0 Å². The van der Waals surface area contributed by atoms with Gasteiger partial charge in [0.2, 0.25) is 11.8 Å². The Bertz CT molecular complexity index is 953. The maximum Gasteiger partial charge on any atom is 0.227 e. The van der Waals surface area contributed by atoms with Gasteiger partial charge in [0.1, 0.15) is 0 Å². The predicted molar refractivity (Wildman–Crippen MR) is 121 cm³/mol. The SMILES string of the molecule is CCC(=O)N(Cc1ccccc1)c1ccc(CC(=O)N(C)Cc2ccccc2)cc1. The molecule has 3 aromatic carbocycles. The molecule has 3 rings (SSSR count). The molecule has 0 saturated carbocycles. The number of amides is 2. The lowest BCUT2D eigenvalue weighted by Gasteiger charge is -2.23. The van der Waals surface area contributed by atoms with Crippen LogP contribution < -0.4 is 4.90 Å². The smallest absolute Gasteiger partial charge is 0.227 e. The molecule has 4 heteroatoms. The van der Waals surface area contributed by atoms with E-state index in [9.17, 15) is 9.59 Å². The van der Waals surface area contributed by atoms with E-state index >= 15 is 0 Å². The maximum absolute atomic E-state index is 12.6. The fraction of sp³-hybridized carbons (Fsp3) is 0.231. The third-order valence-electron chi connectivity index (χ3n) is 5.08. The number of rotatable bonds is 8. The summed E-state index contributed by atoms with van der Waals surface area (Å²) in [6.07, 6.45) is 0.779. The lowest BCUT2D eigenvalue weighted by Crippen LogP contribution is -2.29. The molecule has 0 unspecified atom stereocenters. The third-order valence-corrected chi connectivity index (χ3v) is 5.08. The summed E-state index contributed by atoms with van der Waals surface area (Å²) in [4.78, 5) is 28.6. The minimum absolute atomic E-state index is 0.0670. The molecule has 30 heavy (non-hydrogen) atoms. The van der Waals surface area contributed by atoms with Gasteiger partial charge >= 0.3 is 0 Å². The summed E-state index contributed by atoms with van der Waals surface area (Å²) >= 11 is 0. The summed E-state index contributed by atoms with van der Waals surface area (Å²) in [5, 5.41) is 0. The van der Waals surface area contributed by atoms with Gasteiger partial charge in [0.05, 0.1) is 13.0 Å². The molecule has 0 N–H and O–H groups in total. The lowest BCUT2D eigenvalue weighted by molar-refractivity contribution is -0.129. The zero-order valence-electron chi connectivity index (χ0n) is 17.6. The Hall–Kier alpha value is -3.40. The highest BCUT2D eigenvalue weighted by atomic mass is 16.2. The second-order valence-electron chi connectivity index (χ2n) is 7.40. The van der Waals surface area contributed by atoms with Crippen molar-refractivity contribution in [1.82, 2.24) is 4.90 Å². The van der Waals surface area contributed by atoms with Crippen molar-refractivity contribution < 1.29 is 9.59 Å². The normalized spacial score (nSPS) is 10.5. The monoisotopic (exact) mass is 400 g/mol. The molecule has 0 atom stereocenters. The van der Waals surface area contributed by atoms with E-state index in [1.807, 2.05) is 98.9 Å². The minimum Gasteiger partial charge on any atom is -0.341 e. The Morgan fingerprint density at radius 1 is 0.667 bits per heavy atom. The Morgan fingerprint density at radius 3 is 1.73 bits per heavy atom. The molecule has 154 valence electrons. The quantitative estimate of drug-likeness (QED) is 0.543. The van der Waals surface area contributed by atoms with Gasteiger partial charge in [-0.05, 0) is 28.8 Å². The molecule has 0 saturated heterocycles. The van der Waals surface area contributed by atoms with Gasteiger partial charge in [-0.1, -0.05) is 79.7 Å². The van der Waals surface area contributed by atoms with Crippen molar-refractivity contribution in [1.29, 1.82) is 0 Å². The first kappa shape index (κ1) is 21.3. The molecule has 0 spiro atoms. The molecule has 4 nitrogen and oxygen atoms in total. The molecule has 2 amide bonds. The average molecular weight is 401 g/mol. The number of likely N-dealkylation sites (N-methyl/N-ethyl adjacent to an activating group) is 1. The summed E-state index contributed by atoms with van der Waals surface area (Å²) in [7, 11) is 1.82. The first-order valence-corrected chi connectivity index (χ1v) is 10.3. The van der Waals surface area contributed by atoms with Crippen molar-refractivity contribution >= 4 is 17.5 Å². The minimum atomic E-state index is 0.0670. The van der Waals surface area contributed by atoms with Crippen LogP contribution in [0.2, 0.25) is 0 Å². The summed E-state index contributed by atoms with van der Waals surface area (Å²) in [5.74, 6) is 0.141. The second kappa shape index (κ2) is 10.4. The van der Waals surface area contributed by atoms with Gasteiger partial charge < -0.3 is 9.80 Å². The van der Waals surface area contributed by atoms with Crippen molar-refractivity contribution in [3.05, 3.63) is 102 Å². The van der Waals surface area contributed by atoms with Crippen LogP contribution in [0, 0.1) is 0 Å². The zero-order chi connectivity index (χ0) is 21.3. The first-order chi connectivity index (χ1) is 14.6. The Kier molecular flexibility index (Phi) is 7.39. The Balaban J connectivity index is 1.66. The largest absolute Gasteiger partial charge is 0.341 e. The molecule has 3 aromatic rings. The predicted octanol–water partition coefficient (Wildman–Crippen LogP) is 4.83. The van der Waals surface area contributed by atoms with Gasteiger partial charge in [-0.15, -0.1) is 0 Å². The summed E-state index contributed by atoms with van der Waals surface area (Å²) < 4.78 is 0. The fourth-order valence-electron chi connectivity index (χ4n) is 3.33. The van der Waals surface area contributed by atoms with Crippen molar-refractivity contribution in [3.63, 3.8) is 0 Å². The highest BCUT2D eigenvalue weighted by Gasteiger charge is 2.15. The van der Waals surface area contributed by atoms with Gasteiger partial charge in [-0.2, -0.15) is 0 Å². The van der Waals surface area contributed by atoms with Gasteiger partial charge in [0, 0.05) is 25.7 Å². The molecule has 0 aromatic heterocycles. The van der Waals surface area contributed by atoms with Crippen LogP contribution in [-0.4, -0.2) is 23.8 Å². The van der Waals surface area contributed by atoms with Crippen LogP contribution in [0.1, 0.15) is 30.0 Å². The van der Waals surface area contributed by atoms with E-state index in [1.54, 1.807) is 9.80 Å². The summed E-state index contributed by atoms with van der Waals surface area (Å²) in [6, 6.07) is 27.6. The average Bonchev–Trinajstić information content (AvgIpc) is 2.79. The van der Waals surface area contributed by atoms with Crippen molar-refractivity contribution in [2.45, 2.75) is 32.9 Å². The van der Waals surface area contributed by atoms with Crippen LogP contribution in [0.25, 0.3) is 0 Å². The molecule has 0 radical (unpaired) electrons. The maximum atomic E-state index is 12.6. The highest BCUT2D eigenvalue weighted by molar-refractivity contribution is 5.93. The first-order valence-electron chi connectivity index (χ1n) is 10.3. The van der Waals surface area contributed by atoms with Crippen LogP contribution in [0.4, 0.5) is 5.69 Å². The van der Waals surface area contributed by atoms with Crippen molar-refractivity contribution in [3.8, 4) is 0 Å². The van der Waals surface area contributed by atoms with E-state index in [-0.39, 0.29) is 11.8 Å².